The Kier molecular flexibility index (Phi) is 6.60. The Hall–Kier alpha value is -7.28. The van der Waals surface area contributed by atoms with Crippen LogP contribution in [0, 0.1) is 0 Å². The van der Waals surface area contributed by atoms with E-state index in [1.54, 1.807) is 0 Å². The summed E-state index contributed by atoms with van der Waals surface area (Å²) in [7, 11) is 0. The van der Waals surface area contributed by atoms with Crippen LogP contribution in [0.3, 0.4) is 0 Å². The molecule has 274 valence electrons. The molecule has 1 aliphatic rings. The molecule has 0 heterocycles. The average Bonchev–Trinajstić information content (AvgIpc) is 3.50. The average molecular weight is 747 g/mol. The van der Waals surface area contributed by atoms with Gasteiger partial charge in [-0.25, -0.2) is 0 Å². The van der Waals surface area contributed by atoms with E-state index < -0.39 is 0 Å². The first-order valence-electron chi connectivity index (χ1n) is 20.8. The van der Waals surface area contributed by atoms with Gasteiger partial charge in [0.2, 0.25) is 0 Å². The molecule has 12 aromatic rings. The smallest absolute Gasteiger partial charge is 0.0159 e. The highest BCUT2D eigenvalue weighted by atomic mass is 14.4. The van der Waals surface area contributed by atoms with Crippen LogP contribution in [0.1, 0.15) is 25.0 Å². The fourth-order valence-electron chi connectivity index (χ4n) is 10.9. The number of benzene rings is 12. The minimum Gasteiger partial charge on any atom is -0.0616 e. The molecule has 0 spiro atoms. The molecule has 0 nitrogen and oxygen atoms in total. The fraction of sp³-hybridized carbons (Fsp3) is 0.0508. The third-order valence-electron chi connectivity index (χ3n) is 13.7. The van der Waals surface area contributed by atoms with E-state index in [9.17, 15) is 0 Å². The van der Waals surface area contributed by atoms with Crippen molar-refractivity contribution in [3.63, 3.8) is 0 Å². The van der Waals surface area contributed by atoms with Gasteiger partial charge < -0.3 is 0 Å². The molecular formula is C59H38. The second-order valence-corrected chi connectivity index (χ2v) is 17.2. The molecule has 59 heavy (non-hydrogen) atoms. The van der Waals surface area contributed by atoms with Crippen molar-refractivity contribution in [1.82, 2.24) is 0 Å². The van der Waals surface area contributed by atoms with Gasteiger partial charge in [0.05, 0.1) is 0 Å². The molecule has 0 unspecified atom stereocenters. The zero-order valence-electron chi connectivity index (χ0n) is 33.0. The monoisotopic (exact) mass is 746 g/mol. The van der Waals surface area contributed by atoms with E-state index in [1.807, 2.05) is 0 Å². The van der Waals surface area contributed by atoms with Gasteiger partial charge in [-0.15, -0.1) is 0 Å². The van der Waals surface area contributed by atoms with Crippen molar-refractivity contribution in [2.75, 3.05) is 0 Å². The van der Waals surface area contributed by atoms with E-state index in [4.69, 9.17) is 0 Å². The van der Waals surface area contributed by atoms with Crippen molar-refractivity contribution in [1.29, 1.82) is 0 Å². The molecule has 0 saturated carbocycles. The molecule has 0 heteroatoms. The summed E-state index contributed by atoms with van der Waals surface area (Å²) in [6.45, 7) is 4.86. The molecule has 1 aliphatic carbocycles. The van der Waals surface area contributed by atoms with Crippen molar-refractivity contribution in [3.8, 4) is 44.5 Å². The summed E-state index contributed by atoms with van der Waals surface area (Å²) < 4.78 is 0. The van der Waals surface area contributed by atoms with Crippen molar-refractivity contribution in [3.05, 3.63) is 205 Å². The summed E-state index contributed by atoms with van der Waals surface area (Å²) in [6.07, 6.45) is 0. The van der Waals surface area contributed by atoms with Gasteiger partial charge in [-0.05, 0) is 167 Å². The fourth-order valence-corrected chi connectivity index (χ4v) is 10.9. The van der Waals surface area contributed by atoms with E-state index in [-0.39, 0.29) is 5.41 Å². The van der Waals surface area contributed by atoms with Crippen molar-refractivity contribution >= 4 is 75.4 Å². The lowest BCUT2D eigenvalue weighted by Gasteiger charge is -2.24. The van der Waals surface area contributed by atoms with Crippen LogP contribution in [0.25, 0.3) is 120 Å². The predicted octanol–water partition coefficient (Wildman–Crippen LogP) is 16.5. The Morgan fingerprint density at radius 1 is 0.271 bits per heavy atom. The summed E-state index contributed by atoms with van der Waals surface area (Å²) >= 11 is 0. The molecule has 0 aliphatic heterocycles. The normalized spacial score (nSPS) is 13.4. The molecule has 12 aromatic carbocycles. The van der Waals surface area contributed by atoms with Gasteiger partial charge in [0.1, 0.15) is 0 Å². The zero-order chi connectivity index (χ0) is 39.0. The third-order valence-corrected chi connectivity index (χ3v) is 13.7. The zero-order valence-corrected chi connectivity index (χ0v) is 33.0. The number of rotatable bonds is 3. The van der Waals surface area contributed by atoms with Gasteiger partial charge >= 0.3 is 0 Å². The Labute approximate surface area is 342 Å². The molecule has 0 atom stereocenters. The van der Waals surface area contributed by atoms with Crippen LogP contribution in [0.2, 0.25) is 0 Å². The van der Waals surface area contributed by atoms with Crippen LogP contribution in [0.15, 0.2) is 194 Å². The Balaban J connectivity index is 1.10. The maximum absolute atomic E-state index is 2.56. The molecule has 0 bridgehead atoms. The van der Waals surface area contributed by atoms with E-state index in [1.165, 1.54) is 131 Å². The standard InChI is InChI=1S/C59H38/c1-59(2)53-32-41(49-31-42-17-9-15-37-23-24-38-16-10-20-48(49)58(38)55(37)42)27-28-45(53)50-33-51-52(34-54(50)59)57(44-26-22-36-12-4-6-14-40(36)30-44)47-19-8-7-18-46(47)56(51)43-25-21-35-11-3-5-13-39(35)29-43/h3-34H,1-2H3. The third kappa shape index (κ3) is 4.60. The maximum atomic E-state index is 2.56. The minimum absolute atomic E-state index is 0.219. The van der Waals surface area contributed by atoms with Gasteiger partial charge in [0.15, 0.2) is 0 Å². The van der Waals surface area contributed by atoms with E-state index in [0.29, 0.717) is 0 Å². The van der Waals surface area contributed by atoms with Crippen LogP contribution < -0.4 is 0 Å². The minimum atomic E-state index is -0.219. The number of hydrogen-bond donors (Lipinski definition) is 0. The molecule has 0 aromatic heterocycles. The lowest BCUT2D eigenvalue weighted by atomic mass is 9.79. The van der Waals surface area contributed by atoms with Crippen molar-refractivity contribution in [2.24, 2.45) is 0 Å². The van der Waals surface area contributed by atoms with Crippen LogP contribution >= 0.6 is 0 Å². The quantitative estimate of drug-likeness (QED) is 0.125. The molecule has 0 amide bonds. The van der Waals surface area contributed by atoms with Gasteiger partial charge in [0.25, 0.3) is 0 Å². The van der Waals surface area contributed by atoms with E-state index >= 15 is 0 Å². The lowest BCUT2D eigenvalue weighted by Crippen LogP contribution is -2.15. The van der Waals surface area contributed by atoms with E-state index in [2.05, 4.69) is 208 Å². The Morgan fingerprint density at radius 2 is 0.763 bits per heavy atom. The summed E-state index contributed by atoms with van der Waals surface area (Å²) in [6, 6.07) is 73.4. The molecular weight excluding hydrogens is 709 g/mol. The molecule has 0 saturated heterocycles. The van der Waals surface area contributed by atoms with E-state index in [0.717, 1.165) is 0 Å². The molecule has 0 fully saturated rings. The highest BCUT2D eigenvalue weighted by Crippen LogP contribution is 2.54. The SMILES string of the molecule is CC1(C)c2cc(-c3cc4cccc5ccc6cccc3c6c54)ccc2-c2cc3c(-c4ccc5ccccc5c4)c4ccccc4c(-c4ccc5ccccc5c4)c3cc21. The maximum Gasteiger partial charge on any atom is 0.0159 e. The first-order valence-corrected chi connectivity index (χ1v) is 20.8. The Bertz CT molecular complexity index is 3750. The summed E-state index contributed by atoms with van der Waals surface area (Å²) in [5, 5.41) is 18.1. The topological polar surface area (TPSA) is 0 Å². The lowest BCUT2D eigenvalue weighted by molar-refractivity contribution is 0.661. The Morgan fingerprint density at radius 3 is 1.44 bits per heavy atom. The highest BCUT2D eigenvalue weighted by Gasteiger charge is 2.37. The number of hydrogen-bond acceptors (Lipinski definition) is 0. The second-order valence-electron chi connectivity index (χ2n) is 17.2. The predicted molar refractivity (Wildman–Crippen MR) is 254 cm³/mol. The first kappa shape index (κ1) is 32.8. The van der Waals surface area contributed by atoms with Crippen LogP contribution in [-0.4, -0.2) is 0 Å². The molecule has 0 N–H and O–H groups in total. The second kappa shape index (κ2) is 11.9. The molecule has 13 rings (SSSR count). The van der Waals surface area contributed by atoms with Crippen LogP contribution in [0.5, 0.6) is 0 Å². The van der Waals surface area contributed by atoms with Gasteiger partial charge in [-0.1, -0.05) is 172 Å². The van der Waals surface area contributed by atoms with Gasteiger partial charge in [-0.3, -0.25) is 0 Å². The first-order chi connectivity index (χ1) is 29.0. The van der Waals surface area contributed by atoms with Crippen molar-refractivity contribution in [2.45, 2.75) is 19.3 Å². The highest BCUT2D eigenvalue weighted by molar-refractivity contribution is 6.27. The van der Waals surface area contributed by atoms with Gasteiger partial charge in [0, 0.05) is 5.41 Å². The number of fused-ring (bicyclic) bond motifs is 7. The molecule has 0 radical (unpaired) electrons. The summed E-state index contributed by atoms with van der Waals surface area (Å²) in [5.74, 6) is 0. The van der Waals surface area contributed by atoms with Crippen molar-refractivity contribution < 1.29 is 0 Å². The largest absolute Gasteiger partial charge is 0.0616 e. The van der Waals surface area contributed by atoms with Crippen LogP contribution in [0.4, 0.5) is 0 Å². The summed E-state index contributed by atoms with van der Waals surface area (Å²) in [5.41, 5.74) is 12.9. The summed E-state index contributed by atoms with van der Waals surface area (Å²) in [4.78, 5) is 0. The van der Waals surface area contributed by atoms with Crippen LogP contribution in [-0.2, 0) is 5.41 Å². The van der Waals surface area contributed by atoms with Gasteiger partial charge in [-0.2, -0.15) is 0 Å².